The molecule has 1 aliphatic carbocycles. The highest BCUT2D eigenvalue weighted by Gasteiger charge is 2.31. The first-order chi connectivity index (χ1) is 13.7. The van der Waals surface area contributed by atoms with E-state index in [9.17, 15) is 4.79 Å². The van der Waals surface area contributed by atoms with Gasteiger partial charge >= 0.3 is 0 Å². The van der Waals surface area contributed by atoms with Gasteiger partial charge in [-0.25, -0.2) is 0 Å². The molecule has 0 bridgehead atoms. The van der Waals surface area contributed by atoms with Crippen molar-refractivity contribution in [2.75, 3.05) is 26.2 Å². The van der Waals surface area contributed by atoms with Gasteiger partial charge in [0.05, 0.1) is 5.25 Å². The Kier molecular flexibility index (Phi) is 6.01. The minimum absolute atomic E-state index is 0.137. The summed E-state index contributed by atoms with van der Waals surface area (Å²) in [5, 5.41) is 9.50. The third-order valence-electron chi connectivity index (χ3n) is 5.57. The van der Waals surface area contributed by atoms with Crippen molar-refractivity contribution in [1.29, 1.82) is 0 Å². The van der Waals surface area contributed by atoms with Crippen molar-refractivity contribution in [1.82, 2.24) is 24.6 Å². The minimum Gasteiger partial charge on any atom is -0.339 e. The molecule has 1 saturated heterocycles. The van der Waals surface area contributed by atoms with Gasteiger partial charge in [0.2, 0.25) is 5.91 Å². The Balaban J connectivity index is 1.30. The Morgan fingerprint density at radius 3 is 2.50 bits per heavy atom. The smallest absolute Gasteiger partial charge is 0.235 e. The van der Waals surface area contributed by atoms with Crippen LogP contribution in [0.2, 0.25) is 0 Å². The Morgan fingerprint density at radius 2 is 1.86 bits per heavy atom. The largest absolute Gasteiger partial charge is 0.339 e. The highest BCUT2D eigenvalue weighted by Crippen LogP contribution is 2.40. The molecule has 2 heterocycles. The van der Waals surface area contributed by atoms with E-state index in [1.807, 2.05) is 17.9 Å². The lowest BCUT2D eigenvalue weighted by molar-refractivity contribution is -0.132. The summed E-state index contributed by atoms with van der Waals surface area (Å²) in [5.41, 5.74) is 1.33. The van der Waals surface area contributed by atoms with E-state index in [4.69, 9.17) is 0 Å². The van der Waals surface area contributed by atoms with Crippen LogP contribution in [0.1, 0.15) is 44.0 Å². The van der Waals surface area contributed by atoms with Crippen LogP contribution < -0.4 is 0 Å². The SMILES string of the molecule is CCn1c(S[C@H](C)C(=O)N2CCN(Cc3ccccc3)CC2)nnc1C1CC1. The first kappa shape index (κ1) is 19.5. The van der Waals surface area contributed by atoms with Gasteiger partial charge in [-0.3, -0.25) is 9.69 Å². The van der Waals surface area contributed by atoms with Gasteiger partial charge in [0, 0.05) is 45.2 Å². The zero-order valence-corrected chi connectivity index (χ0v) is 17.6. The molecule has 0 spiro atoms. The van der Waals surface area contributed by atoms with Crippen LogP contribution in [-0.2, 0) is 17.9 Å². The Bertz CT molecular complexity index is 796. The van der Waals surface area contributed by atoms with Gasteiger partial charge in [0.15, 0.2) is 5.16 Å². The molecule has 2 aromatic rings. The zero-order valence-electron chi connectivity index (χ0n) is 16.8. The molecule has 28 heavy (non-hydrogen) atoms. The van der Waals surface area contributed by atoms with Gasteiger partial charge in [-0.05, 0) is 32.3 Å². The molecule has 1 aromatic heterocycles. The molecule has 1 aromatic carbocycles. The lowest BCUT2D eigenvalue weighted by Gasteiger charge is -2.35. The molecule has 6 nitrogen and oxygen atoms in total. The van der Waals surface area contributed by atoms with Crippen LogP contribution in [0.3, 0.4) is 0 Å². The number of aromatic nitrogens is 3. The number of thioether (sulfide) groups is 1. The van der Waals surface area contributed by atoms with Gasteiger partial charge in [-0.2, -0.15) is 0 Å². The molecule has 1 saturated carbocycles. The van der Waals surface area contributed by atoms with Crippen molar-refractivity contribution in [2.45, 2.75) is 56.1 Å². The van der Waals surface area contributed by atoms with E-state index >= 15 is 0 Å². The fourth-order valence-corrected chi connectivity index (χ4v) is 4.77. The molecule has 2 fully saturated rings. The van der Waals surface area contributed by atoms with E-state index in [1.54, 1.807) is 11.8 Å². The summed E-state index contributed by atoms with van der Waals surface area (Å²) < 4.78 is 2.18. The van der Waals surface area contributed by atoms with Crippen LogP contribution in [0.4, 0.5) is 0 Å². The normalized spacial score (nSPS) is 19.0. The average molecular weight is 400 g/mol. The lowest BCUT2D eigenvalue weighted by Crippen LogP contribution is -2.50. The molecule has 2 aliphatic rings. The number of hydrogen-bond donors (Lipinski definition) is 0. The van der Waals surface area contributed by atoms with Crippen LogP contribution in [0, 0.1) is 0 Å². The molecule has 4 rings (SSSR count). The van der Waals surface area contributed by atoms with Crippen LogP contribution in [0.15, 0.2) is 35.5 Å². The number of nitrogens with zero attached hydrogens (tertiary/aromatic N) is 5. The number of benzene rings is 1. The van der Waals surface area contributed by atoms with E-state index < -0.39 is 0 Å². The fourth-order valence-electron chi connectivity index (χ4n) is 3.76. The topological polar surface area (TPSA) is 54.3 Å². The second-order valence-electron chi connectivity index (χ2n) is 7.71. The number of carbonyl (C=O) groups is 1. The second kappa shape index (κ2) is 8.66. The van der Waals surface area contributed by atoms with Crippen LogP contribution in [0.5, 0.6) is 0 Å². The first-order valence-corrected chi connectivity index (χ1v) is 11.2. The van der Waals surface area contributed by atoms with E-state index in [1.165, 1.54) is 18.4 Å². The molecule has 1 atom stereocenters. The monoisotopic (exact) mass is 399 g/mol. The average Bonchev–Trinajstić information content (AvgIpc) is 3.49. The van der Waals surface area contributed by atoms with Crippen LogP contribution in [-0.4, -0.2) is 61.9 Å². The number of amides is 1. The summed E-state index contributed by atoms with van der Waals surface area (Å²) in [6.07, 6.45) is 2.43. The molecule has 150 valence electrons. The molecule has 1 aliphatic heterocycles. The summed E-state index contributed by atoms with van der Waals surface area (Å²) >= 11 is 1.55. The van der Waals surface area contributed by atoms with E-state index in [2.05, 4.69) is 50.9 Å². The number of carbonyl (C=O) groups excluding carboxylic acids is 1. The van der Waals surface area contributed by atoms with Gasteiger partial charge in [-0.1, -0.05) is 42.1 Å². The van der Waals surface area contributed by atoms with E-state index in [0.717, 1.165) is 50.2 Å². The van der Waals surface area contributed by atoms with Gasteiger partial charge in [0.25, 0.3) is 0 Å². The molecule has 0 unspecified atom stereocenters. The summed E-state index contributed by atoms with van der Waals surface area (Å²) in [6, 6.07) is 10.5. The Hall–Kier alpha value is -1.86. The third-order valence-corrected chi connectivity index (χ3v) is 6.64. The maximum Gasteiger partial charge on any atom is 0.235 e. The highest BCUT2D eigenvalue weighted by molar-refractivity contribution is 8.00. The minimum atomic E-state index is -0.137. The Labute approximate surface area is 171 Å². The van der Waals surface area contributed by atoms with Crippen LogP contribution >= 0.6 is 11.8 Å². The highest BCUT2D eigenvalue weighted by atomic mass is 32.2. The summed E-state index contributed by atoms with van der Waals surface area (Å²) in [7, 11) is 0. The van der Waals surface area contributed by atoms with Crippen molar-refractivity contribution in [3.63, 3.8) is 0 Å². The summed E-state index contributed by atoms with van der Waals surface area (Å²) in [4.78, 5) is 17.4. The number of rotatable bonds is 7. The lowest BCUT2D eigenvalue weighted by atomic mass is 10.2. The van der Waals surface area contributed by atoms with Gasteiger partial charge in [-0.15, -0.1) is 10.2 Å². The Morgan fingerprint density at radius 1 is 1.14 bits per heavy atom. The molecule has 7 heteroatoms. The van der Waals surface area contributed by atoms with Crippen molar-refractivity contribution in [2.24, 2.45) is 0 Å². The molecular formula is C21H29N5OS. The third kappa shape index (κ3) is 4.41. The molecule has 0 radical (unpaired) electrons. The van der Waals surface area contributed by atoms with Gasteiger partial charge in [0.1, 0.15) is 5.82 Å². The maximum absolute atomic E-state index is 12.9. The van der Waals surface area contributed by atoms with Crippen LogP contribution in [0.25, 0.3) is 0 Å². The summed E-state index contributed by atoms with van der Waals surface area (Å²) in [6.45, 7) is 9.38. The van der Waals surface area contributed by atoms with Gasteiger partial charge < -0.3 is 9.47 Å². The van der Waals surface area contributed by atoms with Crippen molar-refractivity contribution >= 4 is 17.7 Å². The molecule has 0 N–H and O–H groups in total. The molecule has 1 amide bonds. The molecular weight excluding hydrogens is 370 g/mol. The first-order valence-electron chi connectivity index (χ1n) is 10.3. The second-order valence-corrected chi connectivity index (χ2v) is 9.01. The van der Waals surface area contributed by atoms with E-state index in [-0.39, 0.29) is 11.2 Å². The van der Waals surface area contributed by atoms with Crippen molar-refractivity contribution in [3.8, 4) is 0 Å². The maximum atomic E-state index is 12.9. The van der Waals surface area contributed by atoms with Crippen molar-refractivity contribution < 1.29 is 4.79 Å². The number of hydrogen-bond acceptors (Lipinski definition) is 5. The predicted octanol–water partition coefficient (Wildman–Crippen LogP) is 3.00. The standard InChI is InChI=1S/C21H29N5OS/c1-3-26-19(18-9-10-18)22-23-21(26)28-16(2)20(27)25-13-11-24(12-14-25)15-17-7-5-4-6-8-17/h4-8,16,18H,3,9-15H2,1-2H3/t16-/m1/s1. The summed E-state index contributed by atoms with van der Waals surface area (Å²) in [5.74, 6) is 1.88. The quantitative estimate of drug-likeness (QED) is 0.670. The predicted molar refractivity (Wildman–Crippen MR) is 111 cm³/mol. The van der Waals surface area contributed by atoms with Crippen molar-refractivity contribution in [3.05, 3.63) is 41.7 Å². The number of piperazine rings is 1. The van der Waals surface area contributed by atoms with E-state index in [0.29, 0.717) is 5.92 Å². The zero-order chi connectivity index (χ0) is 19.5. The fraction of sp³-hybridized carbons (Fsp3) is 0.571.